The number of nitrogens with zero attached hydrogens (tertiary/aromatic N) is 1. The van der Waals surface area contributed by atoms with Gasteiger partial charge in [0.05, 0.1) is 0 Å². The van der Waals surface area contributed by atoms with Crippen molar-refractivity contribution in [1.29, 1.82) is 0 Å². The molecule has 0 saturated carbocycles. The third-order valence-electron chi connectivity index (χ3n) is 1.70. The minimum Gasteiger partial charge on any atom is -0.320 e. The zero-order valence-electron chi connectivity index (χ0n) is 7.54. The highest BCUT2D eigenvalue weighted by Crippen LogP contribution is 1.79. The molecule has 0 aliphatic rings. The van der Waals surface area contributed by atoms with Crippen LogP contribution in [0.2, 0.25) is 0 Å². The highest BCUT2D eigenvalue weighted by Gasteiger charge is 1.94. The van der Waals surface area contributed by atoms with Crippen molar-refractivity contribution in [3.8, 4) is 0 Å². The fraction of sp³-hybridized carbons (Fsp3) is 0.500. The van der Waals surface area contributed by atoms with E-state index in [4.69, 9.17) is 0 Å². The van der Waals surface area contributed by atoms with E-state index in [1.165, 1.54) is 16.8 Å². The molecule has 0 radical (unpaired) electrons. The van der Waals surface area contributed by atoms with Gasteiger partial charge >= 0.3 is 0 Å². The van der Waals surface area contributed by atoms with Crippen molar-refractivity contribution < 1.29 is 0 Å². The summed E-state index contributed by atoms with van der Waals surface area (Å²) in [5.74, 6) is 0. The molecule has 1 rings (SSSR count). The number of hydrogen-bond acceptors (Lipinski definition) is 3. The maximum Gasteiger partial charge on any atom is 0.265 e. The summed E-state index contributed by atoms with van der Waals surface area (Å²) in [7, 11) is 1.84. The maximum atomic E-state index is 11.1. The Bertz CT molecular complexity index is 366. The highest BCUT2D eigenvalue weighted by atomic mass is 16.1. The molecule has 0 fully saturated rings. The zero-order valence-corrected chi connectivity index (χ0v) is 7.54. The van der Waals surface area contributed by atoms with Crippen molar-refractivity contribution in [3.05, 3.63) is 32.8 Å². The van der Waals surface area contributed by atoms with Crippen LogP contribution in [0.5, 0.6) is 0 Å². The summed E-state index contributed by atoms with van der Waals surface area (Å²) >= 11 is 0. The number of aromatic amines is 1. The molecule has 0 saturated heterocycles. The van der Waals surface area contributed by atoms with E-state index in [2.05, 4.69) is 10.4 Å². The van der Waals surface area contributed by atoms with Crippen molar-refractivity contribution in [2.75, 3.05) is 13.6 Å². The molecule has 5 nitrogen and oxygen atoms in total. The van der Waals surface area contributed by atoms with Crippen LogP contribution >= 0.6 is 0 Å². The van der Waals surface area contributed by atoms with Gasteiger partial charge in [-0.3, -0.25) is 19.4 Å². The molecule has 1 aromatic heterocycles. The third-order valence-corrected chi connectivity index (χ3v) is 1.70. The van der Waals surface area contributed by atoms with E-state index in [1.54, 1.807) is 0 Å². The standard InChI is InChI=1S/C8H13N3O2/c1-9-5-2-6-11-8(13)4-3-7(12)10-11/h3-4,9H,2,5-6H2,1H3,(H,10,12). The quantitative estimate of drug-likeness (QED) is 0.597. The number of aryl methyl sites for hydroxylation is 1. The SMILES string of the molecule is CNCCCn1[nH]c(=O)ccc1=O. The summed E-state index contributed by atoms with van der Waals surface area (Å²) in [6, 6.07) is 2.51. The summed E-state index contributed by atoms with van der Waals surface area (Å²) < 4.78 is 1.32. The summed E-state index contributed by atoms with van der Waals surface area (Å²) in [6.45, 7) is 1.36. The Balaban J connectivity index is 2.70. The Morgan fingerprint density at radius 3 is 2.92 bits per heavy atom. The van der Waals surface area contributed by atoms with Crippen molar-refractivity contribution in [3.63, 3.8) is 0 Å². The van der Waals surface area contributed by atoms with E-state index < -0.39 is 0 Å². The molecular weight excluding hydrogens is 170 g/mol. The number of hydrogen-bond donors (Lipinski definition) is 2. The van der Waals surface area contributed by atoms with Gasteiger partial charge in [0.15, 0.2) is 0 Å². The first-order valence-corrected chi connectivity index (χ1v) is 4.19. The van der Waals surface area contributed by atoms with E-state index >= 15 is 0 Å². The minimum absolute atomic E-state index is 0.171. The Hall–Kier alpha value is -1.36. The van der Waals surface area contributed by atoms with Gasteiger partial charge in [0.2, 0.25) is 0 Å². The van der Waals surface area contributed by atoms with Crippen LogP contribution in [0.15, 0.2) is 21.7 Å². The lowest BCUT2D eigenvalue weighted by Crippen LogP contribution is -2.28. The summed E-state index contributed by atoms with van der Waals surface area (Å²) in [4.78, 5) is 22.0. The molecule has 2 N–H and O–H groups in total. The van der Waals surface area contributed by atoms with E-state index in [0.717, 1.165) is 13.0 Å². The lowest BCUT2D eigenvalue weighted by molar-refractivity contribution is 0.530. The monoisotopic (exact) mass is 183 g/mol. The molecule has 1 heterocycles. The van der Waals surface area contributed by atoms with Gasteiger partial charge < -0.3 is 5.32 Å². The first-order valence-electron chi connectivity index (χ1n) is 4.19. The fourth-order valence-corrected chi connectivity index (χ4v) is 1.04. The summed E-state index contributed by atoms with van der Waals surface area (Å²) in [6.07, 6.45) is 0.816. The Morgan fingerprint density at radius 2 is 2.23 bits per heavy atom. The molecule has 72 valence electrons. The number of nitrogens with one attached hydrogen (secondary N) is 2. The highest BCUT2D eigenvalue weighted by molar-refractivity contribution is 4.85. The van der Waals surface area contributed by atoms with Crippen LogP contribution in [0.3, 0.4) is 0 Å². The molecule has 0 amide bonds. The van der Waals surface area contributed by atoms with Gasteiger partial charge in [-0.2, -0.15) is 0 Å². The predicted octanol–water partition coefficient (Wildman–Crippen LogP) is -0.854. The van der Waals surface area contributed by atoms with Crippen molar-refractivity contribution in [1.82, 2.24) is 15.1 Å². The molecule has 0 aromatic carbocycles. The van der Waals surface area contributed by atoms with Gasteiger partial charge in [0, 0.05) is 18.7 Å². The van der Waals surface area contributed by atoms with Gasteiger partial charge in [-0.05, 0) is 20.0 Å². The number of H-pyrrole nitrogens is 1. The van der Waals surface area contributed by atoms with E-state index in [0.29, 0.717) is 6.54 Å². The van der Waals surface area contributed by atoms with Crippen LogP contribution in [0.25, 0.3) is 0 Å². The molecule has 0 atom stereocenters. The van der Waals surface area contributed by atoms with Crippen LogP contribution in [0, 0.1) is 0 Å². The molecular formula is C8H13N3O2. The van der Waals surface area contributed by atoms with E-state index in [1.807, 2.05) is 7.05 Å². The van der Waals surface area contributed by atoms with E-state index in [9.17, 15) is 9.59 Å². The average molecular weight is 183 g/mol. The second-order valence-electron chi connectivity index (χ2n) is 2.76. The average Bonchev–Trinajstić information content (AvgIpc) is 2.11. The summed E-state index contributed by atoms with van der Waals surface area (Å²) in [5.41, 5.74) is -0.417. The topological polar surface area (TPSA) is 66.9 Å². The molecule has 0 unspecified atom stereocenters. The normalized spacial score (nSPS) is 10.2. The van der Waals surface area contributed by atoms with Crippen molar-refractivity contribution in [2.45, 2.75) is 13.0 Å². The third kappa shape index (κ3) is 2.87. The van der Waals surface area contributed by atoms with Gasteiger partial charge in [-0.15, -0.1) is 0 Å². The smallest absolute Gasteiger partial charge is 0.265 e. The van der Waals surface area contributed by atoms with Crippen LogP contribution in [0.1, 0.15) is 6.42 Å². The first kappa shape index (κ1) is 9.73. The van der Waals surface area contributed by atoms with Crippen LogP contribution in [-0.2, 0) is 6.54 Å². The second kappa shape index (κ2) is 4.61. The number of aromatic nitrogens is 2. The molecule has 0 spiro atoms. The van der Waals surface area contributed by atoms with Crippen LogP contribution in [-0.4, -0.2) is 23.4 Å². The molecule has 0 aliphatic carbocycles. The molecule has 1 aromatic rings. The van der Waals surface area contributed by atoms with Crippen LogP contribution < -0.4 is 16.4 Å². The molecule has 0 aliphatic heterocycles. The van der Waals surface area contributed by atoms with Crippen LogP contribution in [0.4, 0.5) is 0 Å². The summed E-state index contributed by atoms with van der Waals surface area (Å²) in [5, 5.41) is 5.42. The molecule has 13 heavy (non-hydrogen) atoms. The first-order chi connectivity index (χ1) is 6.24. The lowest BCUT2D eigenvalue weighted by atomic mass is 10.4. The number of rotatable bonds is 4. The second-order valence-corrected chi connectivity index (χ2v) is 2.76. The van der Waals surface area contributed by atoms with Gasteiger partial charge in [0.25, 0.3) is 11.1 Å². The Morgan fingerprint density at radius 1 is 1.46 bits per heavy atom. The minimum atomic E-state index is -0.246. The lowest BCUT2D eigenvalue weighted by Gasteiger charge is -2.03. The largest absolute Gasteiger partial charge is 0.320 e. The van der Waals surface area contributed by atoms with Crippen molar-refractivity contribution >= 4 is 0 Å². The maximum absolute atomic E-state index is 11.1. The van der Waals surface area contributed by atoms with E-state index in [-0.39, 0.29) is 11.1 Å². The zero-order chi connectivity index (χ0) is 9.68. The molecule has 0 bridgehead atoms. The van der Waals surface area contributed by atoms with Gasteiger partial charge in [-0.25, -0.2) is 0 Å². The Kier molecular flexibility index (Phi) is 3.45. The predicted molar refractivity (Wildman–Crippen MR) is 49.9 cm³/mol. The molecule has 5 heteroatoms. The fourth-order valence-electron chi connectivity index (χ4n) is 1.04. The Labute approximate surface area is 75.4 Å². The van der Waals surface area contributed by atoms with Crippen molar-refractivity contribution in [2.24, 2.45) is 0 Å². The van der Waals surface area contributed by atoms with Gasteiger partial charge in [-0.1, -0.05) is 0 Å². The van der Waals surface area contributed by atoms with Gasteiger partial charge in [0.1, 0.15) is 0 Å².